The highest BCUT2D eigenvalue weighted by molar-refractivity contribution is 7.89. The number of nitrogens with one attached hydrogen (secondary N) is 2. The number of anilines is 1. The van der Waals surface area contributed by atoms with E-state index in [1.54, 1.807) is 0 Å². The fourth-order valence-electron chi connectivity index (χ4n) is 1.54. The molecule has 0 radical (unpaired) electrons. The van der Waals surface area contributed by atoms with Crippen molar-refractivity contribution in [2.45, 2.75) is 11.1 Å². The molecule has 0 aliphatic rings. The predicted octanol–water partition coefficient (Wildman–Crippen LogP) is 1.28. The molecule has 0 aliphatic carbocycles. The first-order chi connectivity index (χ1) is 10.8. The SMILES string of the molecule is O=S(=O)(NCCNc1ccc(C(F)(F)F)nn1)c1cccnc1. The number of hydrogen-bond acceptors (Lipinski definition) is 6. The highest BCUT2D eigenvalue weighted by Crippen LogP contribution is 2.26. The number of sulfonamides is 1. The average molecular weight is 347 g/mol. The maximum Gasteiger partial charge on any atom is 0.435 e. The van der Waals surface area contributed by atoms with Gasteiger partial charge in [-0.05, 0) is 24.3 Å². The van der Waals surface area contributed by atoms with Gasteiger partial charge < -0.3 is 5.32 Å². The molecule has 11 heteroatoms. The molecule has 23 heavy (non-hydrogen) atoms. The quantitative estimate of drug-likeness (QED) is 0.764. The summed E-state index contributed by atoms with van der Waals surface area (Å²) in [5.74, 6) is 0.110. The lowest BCUT2D eigenvalue weighted by atomic mass is 10.4. The molecule has 2 N–H and O–H groups in total. The summed E-state index contributed by atoms with van der Waals surface area (Å²) in [6, 6.07) is 4.79. The summed E-state index contributed by atoms with van der Waals surface area (Å²) in [6.45, 7) is 0.138. The van der Waals surface area contributed by atoms with Gasteiger partial charge in [-0.3, -0.25) is 4.98 Å². The van der Waals surface area contributed by atoms with Crippen LogP contribution < -0.4 is 10.0 Å². The minimum absolute atomic E-state index is 0.0138. The summed E-state index contributed by atoms with van der Waals surface area (Å²) >= 11 is 0. The molecule has 0 amide bonds. The fraction of sp³-hybridized carbons (Fsp3) is 0.250. The summed E-state index contributed by atoms with van der Waals surface area (Å²) in [6.07, 6.45) is -1.90. The molecular formula is C12H12F3N5O2S. The largest absolute Gasteiger partial charge is 0.435 e. The van der Waals surface area contributed by atoms with Crippen molar-refractivity contribution in [2.75, 3.05) is 18.4 Å². The molecule has 0 unspecified atom stereocenters. The topological polar surface area (TPSA) is 96.9 Å². The molecule has 0 fully saturated rings. The van der Waals surface area contributed by atoms with Gasteiger partial charge in [0.25, 0.3) is 0 Å². The zero-order valence-electron chi connectivity index (χ0n) is 11.6. The van der Waals surface area contributed by atoms with Crippen LogP contribution in [-0.4, -0.2) is 36.7 Å². The number of aromatic nitrogens is 3. The van der Waals surface area contributed by atoms with Gasteiger partial charge in [-0.2, -0.15) is 13.2 Å². The Morgan fingerprint density at radius 2 is 1.87 bits per heavy atom. The second-order valence-electron chi connectivity index (χ2n) is 4.31. The van der Waals surface area contributed by atoms with Crippen LogP contribution in [0.15, 0.2) is 41.6 Å². The molecule has 7 nitrogen and oxygen atoms in total. The third-order valence-electron chi connectivity index (χ3n) is 2.62. The second kappa shape index (κ2) is 6.87. The average Bonchev–Trinajstić information content (AvgIpc) is 2.52. The van der Waals surface area contributed by atoms with E-state index < -0.39 is 21.9 Å². The number of hydrogen-bond donors (Lipinski definition) is 2. The molecule has 124 valence electrons. The van der Waals surface area contributed by atoms with Crippen molar-refractivity contribution in [3.8, 4) is 0 Å². The van der Waals surface area contributed by atoms with Gasteiger partial charge in [-0.1, -0.05) is 0 Å². The van der Waals surface area contributed by atoms with Crippen LogP contribution in [0.25, 0.3) is 0 Å². The van der Waals surface area contributed by atoms with Gasteiger partial charge in [-0.15, -0.1) is 10.2 Å². The van der Waals surface area contributed by atoms with E-state index >= 15 is 0 Å². The molecule has 0 bridgehead atoms. The lowest BCUT2D eigenvalue weighted by Gasteiger charge is -2.08. The molecule has 2 aromatic rings. The molecule has 0 saturated heterocycles. The molecule has 0 spiro atoms. The Hall–Kier alpha value is -2.27. The highest BCUT2D eigenvalue weighted by atomic mass is 32.2. The van der Waals surface area contributed by atoms with Gasteiger partial charge >= 0.3 is 6.18 Å². The third kappa shape index (κ3) is 4.86. The maximum absolute atomic E-state index is 12.3. The number of pyridine rings is 1. The van der Waals surface area contributed by atoms with Crippen LogP contribution in [0.1, 0.15) is 5.69 Å². The molecule has 2 heterocycles. The van der Waals surface area contributed by atoms with Crippen molar-refractivity contribution >= 4 is 15.8 Å². The van der Waals surface area contributed by atoms with E-state index in [1.165, 1.54) is 24.5 Å². The molecular weight excluding hydrogens is 335 g/mol. The number of rotatable bonds is 6. The van der Waals surface area contributed by atoms with Crippen molar-refractivity contribution in [1.82, 2.24) is 19.9 Å². The number of alkyl halides is 3. The Morgan fingerprint density at radius 1 is 1.09 bits per heavy atom. The Bertz CT molecular complexity index is 736. The first-order valence-corrected chi connectivity index (χ1v) is 7.82. The normalized spacial score (nSPS) is 12.1. The van der Waals surface area contributed by atoms with Gasteiger partial charge in [0.1, 0.15) is 10.7 Å². The lowest BCUT2D eigenvalue weighted by molar-refractivity contribution is -0.141. The highest BCUT2D eigenvalue weighted by Gasteiger charge is 2.32. The fourth-order valence-corrected chi connectivity index (χ4v) is 2.54. The van der Waals surface area contributed by atoms with Crippen molar-refractivity contribution < 1.29 is 21.6 Å². The predicted molar refractivity (Wildman–Crippen MR) is 74.9 cm³/mol. The van der Waals surface area contributed by atoms with Crippen LogP contribution in [0.2, 0.25) is 0 Å². The molecule has 2 aromatic heterocycles. The smallest absolute Gasteiger partial charge is 0.367 e. The van der Waals surface area contributed by atoms with Crippen LogP contribution in [0, 0.1) is 0 Å². The Balaban J connectivity index is 1.84. The van der Waals surface area contributed by atoms with E-state index in [0.29, 0.717) is 0 Å². The summed E-state index contributed by atoms with van der Waals surface area (Å²) < 4.78 is 63.0. The molecule has 0 atom stereocenters. The van der Waals surface area contributed by atoms with Crippen LogP contribution in [0.4, 0.5) is 19.0 Å². The van der Waals surface area contributed by atoms with E-state index in [9.17, 15) is 21.6 Å². The van der Waals surface area contributed by atoms with E-state index in [-0.39, 0.29) is 23.8 Å². The van der Waals surface area contributed by atoms with E-state index in [4.69, 9.17) is 0 Å². The molecule has 0 aromatic carbocycles. The first kappa shape index (κ1) is 17.1. The molecule has 0 saturated carbocycles. The van der Waals surface area contributed by atoms with Gasteiger partial charge in [0.05, 0.1) is 0 Å². The summed E-state index contributed by atoms with van der Waals surface area (Å²) in [5, 5.41) is 9.07. The Kier molecular flexibility index (Phi) is 5.11. The standard InChI is InChI=1S/C12H12F3N5O2S/c13-12(14,15)10-3-4-11(20-19-10)17-6-7-18-23(21,22)9-2-1-5-16-8-9/h1-5,8,18H,6-7H2,(H,17,20). The third-order valence-corrected chi connectivity index (χ3v) is 4.07. The minimum atomic E-state index is -4.55. The Morgan fingerprint density at radius 3 is 2.43 bits per heavy atom. The van der Waals surface area contributed by atoms with Gasteiger partial charge in [-0.25, -0.2) is 13.1 Å². The summed E-state index contributed by atoms with van der Waals surface area (Å²) in [4.78, 5) is 3.73. The van der Waals surface area contributed by atoms with Crippen LogP contribution in [-0.2, 0) is 16.2 Å². The van der Waals surface area contributed by atoms with E-state index in [2.05, 4.69) is 25.2 Å². The monoisotopic (exact) mass is 347 g/mol. The van der Waals surface area contributed by atoms with Crippen LogP contribution in [0.5, 0.6) is 0 Å². The Labute approximate surface area is 130 Å². The summed E-state index contributed by atoms with van der Waals surface area (Å²) in [7, 11) is -3.68. The van der Waals surface area contributed by atoms with Gasteiger partial charge in [0.2, 0.25) is 10.0 Å². The lowest BCUT2D eigenvalue weighted by Crippen LogP contribution is -2.29. The van der Waals surface area contributed by atoms with Gasteiger partial charge in [0, 0.05) is 25.5 Å². The van der Waals surface area contributed by atoms with Crippen molar-refractivity contribution in [3.63, 3.8) is 0 Å². The van der Waals surface area contributed by atoms with Crippen LogP contribution in [0.3, 0.4) is 0 Å². The van der Waals surface area contributed by atoms with E-state index in [0.717, 1.165) is 12.1 Å². The zero-order chi connectivity index (χ0) is 16.9. The summed E-state index contributed by atoms with van der Waals surface area (Å²) in [5.41, 5.74) is -1.10. The number of halogens is 3. The van der Waals surface area contributed by atoms with Gasteiger partial charge in [0.15, 0.2) is 5.69 Å². The molecule has 0 aliphatic heterocycles. The van der Waals surface area contributed by atoms with Crippen molar-refractivity contribution in [2.24, 2.45) is 0 Å². The maximum atomic E-state index is 12.3. The van der Waals surface area contributed by atoms with Crippen LogP contribution >= 0.6 is 0 Å². The van der Waals surface area contributed by atoms with Crippen molar-refractivity contribution in [1.29, 1.82) is 0 Å². The van der Waals surface area contributed by atoms with E-state index in [1.807, 2.05) is 0 Å². The first-order valence-electron chi connectivity index (χ1n) is 6.33. The van der Waals surface area contributed by atoms with Crippen molar-refractivity contribution in [3.05, 3.63) is 42.4 Å². The minimum Gasteiger partial charge on any atom is -0.367 e. The number of nitrogens with zero attached hydrogens (tertiary/aromatic N) is 3. The molecule has 2 rings (SSSR count). The zero-order valence-corrected chi connectivity index (χ0v) is 12.4. The second-order valence-corrected chi connectivity index (χ2v) is 6.08.